The van der Waals surface area contributed by atoms with E-state index in [-0.39, 0.29) is 6.04 Å². The molecule has 0 amide bonds. The maximum atomic E-state index is 5.41. The minimum Gasteiger partial charge on any atom is -0.454 e. The summed E-state index contributed by atoms with van der Waals surface area (Å²) in [4.78, 5) is 4.47. The van der Waals surface area contributed by atoms with Crippen LogP contribution < -0.4 is 14.8 Å². The van der Waals surface area contributed by atoms with Crippen LogP contribution in [0.5, 0.6) is 11.5 Å². The average molecular weight is 290 g/mol. The van der Waals surface area contributed by atoms with Crippen LogP contribution in [0.4, 0.5) is 0 Å². The van der Waals surface area contributed by atoms with Gasteiger partial charge in [0.2, 0.25) is 6.79 Å². The summed E-state index contributed by atoms with van der Waals surface area (Å²) in [6.07, 6.45) is 0.958. The van der Waals surface area contributed by atoms with Gasteiger partial charge >= 0.3 is 0 Å². The zero-order valence-electron chi connectivity index (χ0n) is 11.7. The third-order valence-electron chi connectivity index (χ3n) is 3.39. The monoisotopic (exact) mass is 290 g/mol. The first-order valence-corrected chi connectivity index (χ1v) is 7.64. The summed E-state index contributed by atoms with van der Waals surface area (Å²) in [5.74, 6) is 1.67. The van der Waals surface area contributed by atoms with Gasteiger partial charge in [-0.1, -0.05) is 6.07 Å². The highest BCUT2D eigenvalue weighted by molar-refractivity contribution is 7.09. The number of rotatable bonds is 5. The molecule has 5 heteroatoms. The highest BCUT2D eigenvalue weighted by atomic mass is 32.1. The van der Waals surface area contributed by atoms with Crippen molar-refractivity contribution in [2.75, 3.05) is 13.3 Å². The predicted octanol–water partition coefficient (Wildman–Crippen LogP) is 3.07. The highest BCUT2D eigenvalue weighted by Crippen LogP contribution is 2.34. The van der Waals surface area contributed by atoms with Gasteiger partial charge in [-0.25, -0.2) is 4.98 Å². The summed E-state index contributed by atoms with van der Waals surface area (Å²) in [5, 5.41) is 6.77. The fourth-order valence-electron chi connectivity index (χ4n) is 2.24. The molecule has 1 atom stereocenters. The molecule has 0 spiro atoms. The van der Waals surface area contributed by atoms with E-state index in [2.05, 4.69) is 28.7 Å². The Bertz CT molecular complexity index is 597. The second-order valence-electron chi connectivity index (χ2n) is 4.90. The number of aromatic nitrogens is 1. The molecule has 20 heavy (non-hydrogen) atoms. The predicted molar refractivity (Wildman–Crippen MR) is 79.5 cm³/mol. The van der Waals surface area contributed by atoms with Crippen LogP contribution in [0.3, 0.4) is 0 Å². The minimum atomic E-state index is 0.282. The Morgan fingerprint density at radius 2 is 2.20 bits per heavy atom. The topological polar surface area (TPSA) is 43.4 Å². The Morgan fingerprint density at radius 1 is 1.35 bits per heavy atom. The van der Waals surface area contributed by atoms with Gasteiger partial charge in [-0.3, -0.25) is 0 Å². The van der Waals surface area contributed by atoms with Crippen molar-refractivity contribution in [1.29, 1.82) is 0 Å². The number of benzene rings is 1. The van der Waals surface area contributed by atoms with E-state index in [1.165, 1.54) is 5.56 Å². The van der Waals surface area contributed by atoms with Crippen LogP contribution in [0.15, 0.2) is 23.6 Å². The van der Waals surface area contributed by atoms with Gasteiger partial charge in [0, 0.05) is 24.4 Å². The number of aryl methyl sites for hydroxylation is 1. The van der Waals surface area contributed by atoms with E-state index in [0.29, 0.717) is 6.79 Å². The Balaban J connectivity index is 1.55. The van der Waals surface area contributed by atoms with Crippen LogP contribution in [0.1, 0.15) is 29.2 Å². The molecular formula is C15H18N2O2S. The van der Waals surface area contributed by atoms with Crippen LogP contribution in [0.25, 0.3) is 0 Å². The maximum Gasteiger partial charge on any atom is 0.231 e. The molecule has 0 radical (unpaired) electrons. The first-order chi connectivity index (χ1) is 9.72. The van der Waals surface area contributed by atoms with E-state index in [4.69, 9.17) is 9.47 Å². The summed E-state index contributed by atoms with van der Waals surface area (Å²) in [6, 6.07) is 6.38. The van der Waals surface area contributed by atoms with Gasteiger partial charge in [0.15, 0.2) is 11.5 Å². The van der Waals surface area contributed by atoms with Crippen LogP contribution >= 0.6 is 11.3 Å². The first-order valence-electron chi connectivity index (χ1n) is 6.76. The van der Waals surface area contributed by atoms with Crippen LogP contribution in [-0.4, -0.2) is 18.3 Å². The lowest BCUT2D eigenvalue weighted by Gasteiger charge is -2.14. The number of fused-ring (bicyclic) bond motifs is 1. The Hall–Kier alpha value is -1.59. The number of ether oxygens (including phenoxy) is 2. The van der Waals surface area contributed by atoms with Gasteiger partial charge in [0.25, 0.3) is 0 Å². The maximum absolute atomic E-state index is 5.41. The van der Waals surface area contributed by atoms with E-state index in [0.717, 1.165) is 35.2 Å². The molecule has 0 fully saturated rings. The molecule has 1 aromatic carbocycles. The third-order valence-corrected chi connectivity index (χ3v) is 4.22. The van der Waals surface area contributed by atoms with E-state index in [1.54, 1.807) is 11.3 Å². The van der Waals surface area contributed by atoms with Crippen molar-refractivity contribution in [3.05, 3.63) is 39.8 Å². The average Bonchev–Trinajstić information content (AvgIpc) is 3.06. The molecule has 106 valence electrons. The SMILES string of the molecule is Cc1nc(CCNC(C)c2ccc3c(c2)OCO3)cs1. The molecule has 0 bridgehead atoms. The second-order valence-corrected chi connectivity index (χ2v) is 5.96. The first kappa shape index (κ1) is 13.4. The van der Waals surface area contributed by atoms with Crippen molar-refractivity contribution in [1.82, 2.24) is 10.3 Å². The standard InChI is InChI=1S/C15H18N2O2S/c1-10(16-6-5-13-8-20-11(2)17-13)12-3-4-14-15(7-12)19-9-18-14/h3-4,7-8,10,16H,5-6,9H2,1-2H3. The normalized spacial score (nSPS) is 14.5. The number of nitrogens with zero attached hydrogens (tertiary/aromatic N) is 1. The largest absolute Gasteiger partial charge is 0.454 e. The Morgan fingerprint density at radius 3 is 3.00 bits per heavy atom. The smallest absolute Gasteiger partial charge is 0.231 e. The van der Waals surface area contributed by atoms with E-state index in [9.17, 15) is 0 Å². The van der Waals surface area contributed by atoms with Crippen molar-refractivity contribution >= 4 is 11.3 Å². The van der Waals surface area contributed by atoms with E-state index in [1.807, 2.05) is 19.1 Å². The van der Waals surface area contributed by atoms with Crippen molar-refractivity contribution in [3.63, 3.8) is 0 Å². The molecule has 3 rings (SSSR count). The Kier molecular flexibility index (Phi) is 3.89. The number of hydrogen-bond donors (Lipinski definition) is 1. The molecule has 2 aromatic rings. The molecule has 0 saturated carbocycles. The molecule has 1 aliphatic heterocycles. The lowest BCUT2D eigenvalue weighted by molar-refractivity contribution is 0.174. The Labute approximate surface area is 122 Å². The number of nitrogens with one attached hydrogen (secondary N) is 1. The summed E-state index contributed by atoms with van der Waals surface area (Å²) in [5.41, 5.74) is 2.38. The van der Waals surface area contributed by atoms with E-state index >= 15 is 0 Å². The van der Waals surface area contributed by atoms with Crippen molar-refractivity contribution < 1.29 is 9.47 Å². The second kappa shape index (κ2) is 5.81. The zero-order chi connectivity index (χ0) is 13.9. The molecule has 0 aliphatic carbocycles. The van der Waals surface area contributed by atoms with Crippen LogP contribution in [0.2, 0.25) is 0 Å². The van der Waals surface area contributed by atoms with Crippen LogP contribution in [-0.2, 0) is 6.42 Å². The lowest BCUT2D eigenvalue weighted by atomic mass is 10.1. The molecule has 1 aromatic heterocycles. The van der Waals surface area contributed by atoms with Gasteiger partial charge in [0.1, 0.15) is 0 Å². The van der Waals surface area contributed by atoms with Crippen LogP contribution in [0, 0.1) is 6.92 Å². The van der Waals surface area contributed by atoms with E-state index < -0.39 is 0 Å². The molecular weight excluding hydrogens is 272 g/mol. The van der Waals surface area contributed by atoms with Gasteiger partial charge < -0.3 is 14.8 Å². The summed E-state index contributed by atoms with van der Waals surface area (Å²) < 4.78 is 10.7. The summed E-state index contributed by atoms with van der Waals surface area (Å²) in [6.45, 7) is 5.43. The third kappa shape index (κ3) is 2.94. The summed E-state index contributed by atoms with van der Waals surface area (Å²) >= 11 is 1.70. The molecule has 4 nitrogen and oxygen atoms in total. The molecule has 1 N–H and O–H groups in total. The summed E-state index contributed by atoms with van der Waals surface area (Å²) in [7, 11) is 0. The molecule has 2 heterocycles. The fourth-order valence-corrected chi connectivity index (χ4v) is 2.89. The highest BCUT2D eigenvalue weighted by Gasteiger charge is 2.15. The minimum absolute atomic E-state index is 0.282. The lowest BCUT2D eigenvalue weighted by Crippen LogP contribution is -2.21. The van der Waals surface area contributed by atoms with Gasteiger partial charge in [0.05, 0.1) is 10.7 Å². The zero-order valence-corrected chi connectivity index (χ0v) is 12.5. The molecule has 1 aliphatic rings. The van der Waals surface area contributed by atoms with Crippen molar-refractivity contribution in [2.45, 2.75) is 26.3 Å². The number of hydrogen-bond acceptors (Lipinski definition) is 5. The fraction of sp³-hybridized carbons (Fsp3) is 0.400. The molecule has 1 unspecified atom stereocenters. The molecule has 0 saturated heterocycles. The van der Waals surface area contributed by atoms with Crippen molar-refractivity contribution in [3.8, 4) is 11.5 Å². The quantitative estimate of drug-likeness (QED) is 0.919. The van der Waals surface area contributed by atoms with Gasteiger partial charge in [-0.2, -0.15) is 0 Å². The van der Waals surface area contributed by atoms with Crippen molar-refractivity contribution in [2.24, 2.45) is 0 Å². The number of thiazole rings is 1. The van der Waals surface area contributed by atoms with Gasteiger partial charge in [-0.05, 0) is 31.5 Å². The van der Waals surface area contributed by atoms with Gasteiger partial charge in [-0.15, -0.1) is 11.3 Å².